The second-order valence-corrected chi connectivity index (χ2v) is 9.25. The van der Waals surface area contributed by atoms with Crippen LogP contribution in [0.15, 0.2) is 72.8 Å². The summed E-state index contributed by atoms with van der Waals surface area (Å²) in [6, 6.07) is 21.6. The number of methoxy groups -OCH3 is 3. The Morgan fingerprint density at radius 3 is 2.21 bits per heavy atom. The maximum atomic E-state index is 14.4. The average molecular weight is 519 g/mol. The molecular formula is C30H34N2O6. The molecule has 1 aliphatic heterocycles. The number of carbonyl (C=O) groups is 2. The Bertz CT molecular complexity index is 1250. The highest BCUT2D eigenvalue weighted by atomic mass is 16.7. The molecule has 3 aromatic carbocycles. The Hall–Kier alpha value is -4.04. The van der Waals surface area contributed by atoms with E-state index < -0.39 is 12.0 Å². The Kier molecular flexibility index (Phi) is 8.53. The van der Waals surface area contributed by atoms with Crippen LogP contribution >= 0.6 is 0 Å². The Labute approximate surface area is 223 Å². The monoisotopic (exact) mass is 518 g/mol. The third-order valence-corrected chi connectivity index (χ3v) is 7.08. The van der Waals surface area contributed by atoms with Crippen LogP contribution in [0.2, 0.25) is 0 Å². The van der Waals surface area contributed by atoms with Gasteiger partial charge in [-0.2, -0.15) is 0 Å². The zero-order chi connectivity index (χ0) is 27.2. The van der Waals surface area contributed by atoms with E-state index in [4.69, 9.17) is 18.9 Å². The Balaban J connectivity index is 1.77. The van der Waals surface area contributed by atoms with Crippen LogP contribution in [0.4, 0.5) is 4.79 Å². The van der Waals surface area contributed by atoms with Gasteiger partial charge in [0.15, 0.2) is 6.79 Å². The molecule has 0 saturated carbocycles. The summed E-state index contributed by atoms with van der Waals surface area (Å²) in [4.78, 5) is 30.9. The molecule has 3 amide bonds. The van der Waals surface area contributed by atoms with Gasteiger partial charge in [0.1, 0.15) is 17.2 Å². The van der Waals surface area contributed by atoms with E-state index in [1.165, 1.54) is 4.90 Å². The smallest absolute Gasteiger partial charge is 0.327 e. The lowest BCUT2D eigenvalue weighted by atomic mass is 9.89. The van der Waals surface area contributed by atoms with Crippen LogP contribution in [-0.4, -0.2) is 62.9 Å². The highest BCUT2D eigenvalue weighted by Crippen LogP contribution is 2.39. The summed E-state index contributed by atoms with van der Waals surface area (Å²) in [6.07, 6.45) is 0.303. The molecule has 3 aromatic rings. The molecule has 0 aromatic heterocycles. The third kappa shape index (κ3) is 5.45. The van der Waals surface area contributed by atoms with Crippen LogP contribution < -0.4 is 14.2 Å². The van der Waals surface area contributed by atoms with Crippen molar-refractivity contribution < 1.29 is 28.5 Å². The molecule has 0 N–H and O–H groups in total. The molecule has 1 saturated heterocycles. The van der Waals surface area contributed by atoms with Gasteiger partial charge in [0.25, 0.3) is 0 Å². The first kappa shape index (κ1) is 27.0. The van der Waals surface area contributed by atoms with Gasteiger partial charge in [-0.25, -0.2) is 4.79 Å². The van der Waals surface area contributed by atoms with Crippen LogP contribution in [0.1, 0.15) is 35.6 Å². The predicted molar refractivity (Wildman–Crippen MR) is 144 cm³/mol. The van der Waals surface area contributed by atoms with Gasteiger partial charge < -0.3 is 23.8 Å². The van der Waals surface area contributed by atoms with Crippen molar-refractivity contribution in [3.05, 3.63) is 89.5 Å². The molecule has 0 bridgehead atoms. The summed E-state index contributed by atoms with van der Waals surface area (Å²) < 4.78 is 21.7. The lowest BCUT2D eigenvalue weighted by Crippen LogP contribution is -2.40. The van der Waals surface area contributed by atoms with E-state index in [-0.39, 0.29) is 24.8 Å². The van der Waals surface area contributed by atoms with Crippen LogP contribution in [0, 0.1) is 0 Å². The lowest BCUT2D eigenvalue weighted by molar-refractivity contribution is -0.131. The van der Waals surface area contributed by atoms with E-state index in [1.54, 1.807) is 39.3 Å². The first-order chi connectivity index (χ1) is 18.4. The molecule has 200 valence electrons. The molecule has 38 heavy (non-hydrogen) atoms. The molecular weight excluding hydrogens is 484 g/mol. The summed E-state index contributed by atoms with van der Waals surface area (Å²) in [5.41, 5.74) is 2.47. The van der Waals surface area contributed by atoms with Gasteiger partial charge in [-0.05, 0) is 48.2 Å². The van der Waals surface area contributed by atoms with E-state index in [9.17, 15) is 9.59 Å². The molecule has 1 fully saturated rings. The highest BCUT2D eigenvalue weighted by Gasteiger charge is 2.47. The summed E-state index contributed by atoms with van der Waals surface area (Å²) >= 11 is 0. The fourth-order valence-electron chi connectivity index (χ4n) is 4.86. The molecule has 1 aliphatic rings. The number of carbonyl (C=O) groups excluding carboxylic acids is 2. The van der Waals surface area contributed by atoms with E-state index in [0.29, 0.717) is 23.7 Å². The maximum Gasteiger partial charge on any atom is 0.327 e. The summed E-state index contributed by atoms with van der Waals surface area (Å²) in [7, 11) is 6.46. The number of ether oxygens (including phenoxy) is 4. The van der Waals surface area contributed by atoms with Gasteiger partial charge in [0.05, 0.1) is 32.2 Å². The van der Waals surface area contributed by atoms with Gasteiger partial charge in [-0.1, -0.05) is 48.5 Å². The molecule has 0 spiro atoms. The fourth-order valence-corrected chi connectivity index (χ4v) is 4.86. The van der Waals surface area contributed by atoms with Gasteiger partial charge in [0.2, 0.25) is 5.91 Å². The van der Waals surface area contributed by atoms with E-state index in [1.807, 2.05) is 73.7 Å². The second-order valence-electron chi connectivity index (χ2n) is 9.25. The largest absolute Gasteiger partial charge is 0.497 e. The maximum absolute atomic E-state index is 14.4. The molecule has 0 unspecified atom stereocenters. The second kappa shape index (κ2) is 12.0. The van der Waals surface area contributed by atoms with Gasteiger partial charge in [-0.3, -0.25) is 9.69 Å². The first-order valence-electron chi connectivity index (χ1n) is 12.5. The quantitative estimate of drug-likeness (QED) is 0.350. The molecule has 0 radical (unpaired) electrons. The molecule has 4 rings (SSSR count). The van der Waals surface area contributed by atoms with Crippen LogP contribution in [-0.2, 0) is 16.0 Å². The van der Waals surface area contributed by atoms with Crippen molar-refractivity contribution in [3.8, 4) is 17.2 Å². The van der Waals surface area contributed by atoms with Crippen molar-refractivity contribution in [2.45, 2.75) is 31.3 Å². The average Bonchev–Trinajstić information content (AvgIpc) is 3.19. The Morgan fingerprint density at radius 1 is 0.921 bits per heavy atom. The molecule has 8 nitrogen and oxygen atoms in total. The van der Waals surface area contributed by atoms with Crippen molar-refractivity contribution >= 4 is 11.9 Å². The van der Waals surface area contributed by atoms with E-state index >= 15 is 0 Å². The standard InChI is InChI=1S/C30H34N2O6/c1-20-28(22-9-7-6-8-10-22)32(30(34)31(20)2)29(33)26(21-11-14-24(36-4)15-12-21)17-23-13-16-25(37-5)18-27(23)38-19-35-3/h6-16,18,20,26,28H,17,19H2,1-5H3/t20-,26+,28-/m1/s1. The summed E-state index contributed by atoms with van der Waals surface area (Å²) in [5.74, 6) is 0.921. The summed E-state index contributed by atoms with van der Waals surface area (Å²) in [6.45, 7) is 2.01. The number of benzene rings is 3. The zero-order valence-electron chi connectivity index (χ0n) is 22.4. The molecule has 3 atom stereocenters. The van der Waals surface area contributed by atoms with E-state index in [0.717, 1.165) is 16.7 Å². The number of imide groups is 1. The number of rotatable bonds is 10. The SMILES string of the molecule is COCOc1cc(OC)ccc1C[C@H](C(=O)N1C(=O)N(C)[C@H](C)[C@@H]1c1ccccc1)c1ccc(OC)cc1. The van der Waals surface area contributed by atoms with Crippen molar-refractivity contribution in [1.82, 2.24) is 9.80 Å². The molecule has 8 heteroatoms. The topological polar surface area (TPSA) is 77.5 Å². The zero-order valence-corrected chi connectivity index (χ0v) is 22.4. The third-order valence-electron chi connectivity index (χ3n) is 7.08. The number of hydrogen-bond acceptors (Lipinski definition) is 6. The minimum absolute atomic E-state index is 0.0460. The van der Waals surface area contributed by atoms with E-state index in [2.05, 4.69) is 0 Å². The molecule has 1 heterocycles. The van der Waals surface area contributed by atoms with Gasteiger partial charge in [-0.15, -0.1) is 0 Å². The number of nitrogens with zero attached hydrogens (tertiary/aromatic N) is 2. The summed E-state index contributed by atoms with van der Waals surface area (Å²) in [5, 5.41) is 0. The van der Waals surface area contributed by atoms with Crippen molar-refractivity contribution in [1.29, 1.82) is 0 Å². The molecule has 0 aliphatic carbocycles. The number of amides is 3. The highest BCUT2D eigenvalue weighted by molar-refractivity contribution is 6.00. The lowest BCUT2D eigenvalue weighted by Gasteiger charge is -2.28. The van der Waals surface area contributed by atoms with Crippen LogP contribution in [0.25, 0.3) is 0 Å². The fraction of sp³-hybridized carbons (Fsp3) is 0.333. The van der Waals surface area contributed by atoms with Gasteiger partial charge >= 0.3 is 6.03 Å². The normalized spacial score (nSPS) is 17.9. The van der Waals surface area contributed by atoms with Crippen molar-refractivity contribution in [2.24, 2.45) is 0 Å². The van der Waals surface area contributed by atoms with Crippen molar-refractivity contribution in [3.63, 3.8) is 0 Å². The Morgan fingerprint density at radius 2 is 1.58 bits per heavy atom. The minimum atomic E-state index is -0.659. The number of urea groups is 1. The number of hydrogen-bond donors (Lipinski definition) is 0. The van der Waals surface area contributed by atoms with Crippen LogP contribution in [0.3, 0.4) is 0 Å². The first-order valence-corrected chi connectivity index (χ1v) is 12.5. The predicted octanol–water partition coefficient (Wildman–Crippen LogP) is 5.04. The van der Waals surface area contributed by atoms with Gasteiger partial charge in [0, 0.05) is 20.2 Å². The minimum Gasteiger partial charge on any atom is -0.497 e. The van der Waals surface area contributed by atoms with Crippen LogP contribution in [0.5, 0.6) is 17.2 Å². The number of likely N-dealkylation sites (N-methyl/N-ethyl adjacent to an activating group) is 1. The van der Waals surface area contributed by atoms with Crippen molar-refractivity contribution in [2.75, 3.05) is 35.2 Å².